The van der Waals surface area contributed by atoms with Crippen LogP contribution in [0.1, 0.15) is 12.5 Å². The average molecular weight is 413 g/mol. The average Bonchev–Trinajstić information content (AvgIpc) is 2.70. The lowest BCUT2D eigenvalue weighted by Crippen LogP contribution is -2.42. The Labute approximate surface area is 171 Å². The molecule has 9 heteroatoms. The van der Waals surface area contributed by atoms with Crippen LogP contribution in [0, 0.1) is 5.82 Å². The molecule has 0 aliphatic rings. The van der Waals surface area contributed by atoms with Crippen LogP contribution in [0.2, 0.25) is 0 Å². The van der Waals surface area contributed by atoms with Gasteiger partial charge in [0.2, 0.25) is 0 Å². The van der Waals surface area contributed by atoms with Crippen LogP contribution in [0.15, 0.2) is 64.2 Å². The normalized spacial score (nSPS) is 10.6. The van der Waals surface area contributed by atoms with E-state index in [4.69, 9.17) is 18.0 Å². The smallest absolute Gasteiger partial charge is 0.330 e. The van der Waals surface area contributed by atoms with Gasteiger partial charge >= 0.3 is 5.69 Å². The van der Waals surface area contributed by atoms with Crippen molar-refractivity contribution in [1.82, 2.24) is 9.55 Å². The number of nitrogens with one attached hydrogen (secondary N) is 2. The highest BCUT2D eigenvalue weighted by molar-refractivity contribution is 7.80. The summed E-state index contributed by atoms with van der Waals surface area (Å²) < 4.78 is 14.4. The molecule has 150 valence electrons. The molecule has 0 radical (unpaired) electrons. The molecule has 0 unspecified atom stereocenters. The number of anilines is 3. The largest absolute Gasteiger partial charge is 0.383 e. The fourth-order valence-electron chi connectivity index (χ4n) is 2.89. The first kappa shape index (κ1) is 20.3. The summed E-state index contributed by atoms with van der Waals surface area (Å²) in [5, 5.41) is 3.15. The molecular weight excluding hydrogens is 393 g/mol. The highest BCUT2D eigenvalue weighted by Gasteiger charge is 2.21. The third-order valence-corrected chi connectivity index (χ3v) is 4.65. The van der Waals surface area contributed by atoms with Crippen molar-refractivity contribution in [3.05, 3.63) is 86.8 Å². The monoisotopic (exact) mass is 413 g/mol. The lowest BCUT2D eigenvalue weighted by atomic mass is 10.2. The summed E-state index contributed by atoms with van der Waals surface area (Å²) in [6, 6.07) is 14.9. The van der Waals surface area contributed by atoms with Gasteiger partial charge in [-0.1, -0.05) is 30.3 Å². The van der Waals surface area contributed by atoms with Crippen molar-refractivity contribution in [2.45, 2.75) is 13.5 Å². The summed E-state index contributed by atoms with van der Waals surface area (Å²) in [5.41, 5.74) is 6.47. The summed E-state index contributed by atoms with van der Waals surface area (Å²) in [7, 11) is 0. The molecule has 0 saturated heterocycles. The summed E-state index contributed by atoms with van der Waals surface area (Å²) in [4.78, 5) is 28.7. The summed E-state index contributed by atoms with van der Waals surface area (Å²) in [5.74, 6) is -0.366. The second kappa shape index (κ2) is 8.70. The fraction of sp³-hybridized carbons (Fsp3) is 0.150. The van der Waals surface area contributed by atoms with E-state index < -0.39 is 11.2 Å². The van der Waals surface area contributed by atoms with Gasteiger partial charge in [0, 0.05) is 12.2 Å². The van der Waals surface area contributed by atoms with Gasteiger partial charge in [-0.05, 0) is 49.0 Å². The van der Waals surface area contributed by atoms with Gasteiger partial charge in [0.25, 0.3) is 5.56 Å². The molecule has 0 spiro atoms. The highest BCUT2D eigenvalue weighted by atomic mass is 32.1. The maximum absolute atomic E-state index is 13.1. The quantitative estimate of drug-likeness (QED) is 0.557. The van der Waals surface area contributed by atoms with Gasteiger partial charge < -0.3 is 16.0 Å². The third-order valence-electron chi connectivity index (χ3n) is 4.32. The number of thiocarbonyl (C=S) groups is 1. The van der Waals surface area contributed by atoms with Gasteiger partial charge in [0.05, 0.1) is 6.54 Å². The Morgan fingerprint density at radius 2 is 1.83 bits per heavy atom. The van der Waals surface area contributed by atoms with Crippen LogP contribution in [0.4, 0.5) is 21.6 Å². The minimum Gasteiger partial charge on any atom is -0.383 e. The fourth-order valence-corrected chi connectivity index (χ4v) is 3.23. The number of rotatable bonds is 5. The van der Waals surface area contributed by atoms with Crippen molar-refractivity contribution in [3.63, 3.8) is 0 Å². The maximum Gasteiger partial charge on any atom is 0.330 e. The number of aromatic amines is 1. The number of H-pyrrole nitrogens is 1. The molecule has 29 heavy (non-hydrogen) atoms. The van der Waals surface area contributed by atoms with Crippen LogP contribution >= 0.6 is 12.2 Å². The Kier molecular flexibility index (Phi) is 6.08. The van der Waals surface area contributed by atoms with Crippen molar-refractivity contribution < 1.29 is 4.39 Å². The van der Waals surface area contributed by atoms with Crippen LogP contribution in [0.5, 0.6) is 0 Å². The molecule has 2 aromatic carbocycles. The zero-order chi connectivity index (χ0) is 21.0. The van der Waals surface area contributed by atoms with Crippen LogP contribution in [0.25, 0.3) is 0 Å². The lowest BCUT2D eigenvalue weighted by molar-refractivity contribution is 0.628. The second-order valence-electron chi connectivity index (χ2n) is 6.25. The van der Waals surface area contributed by atoms with Gasteiger partial charge in [-0.25, -0.2) is 9.18 Å². The first-order valence-corrected chi connectivity index (χ1v) is 9.32. The van der Waals surface area contributed by atoms with Gasteiger partial charge in [-0.2, -0.15) is 0 Å². The number of aromatic nitrogens is 2. The van der Waals surface area contributed by atoms with Crippen molar-refractivity contribution in [2.75, 3.05) is 22.5 Å². The van der Waals surface area contributed by atoms with Crippen LogP contribution < -0.4 is 27.2 Å². The van der Waals surface area contributed by atoms with E-state index in [2.05, 4.69) is 10.3 Å². The maximum atomic E-state index is 13.1. The molecule has 4 N–H and O–H groups in total. The van der Waals surface area contributed by atoms with Crippen molar-refractivity contribution >= 4 is 34.5 Å². The number of nitrogen functional groups attached to an aromatic ring is 1. The van der Waals surface area contributed by atoms with Gasteiger partial charge in [0.15, 0.2) is 10.8 Å². The topological polar surface area (TPSA) is 96.2 Å². The molecule has 3 rings (SSSR count). The predicted molar refractivity (Wildman–Crippen MR) is 117 cm³/mol. The zero-order valence-corrected chi connectivity index (χ0v) is 16.5. The molecule has 0 amide bonds. The first-order chi connectivity index (χ1) is 13.9. The van der Waals surface area contributed by atoms with E-state index in [1.807, 2.05) is 30.3 Å². The minimum atomic E-state index is -0.637. The summed E-state index contributed by atoms with van der Waals surface area (Å²) >= 11 is 5.42. The van der Waals surface area contributed by atoms with E-state index in [9.17, 15) is 14.0 Å². The van der Waals surface area contributed by atoms with Crippen molar-refractivity contribution in [1.29, 1.82) is 0 Å². The van der Waals surface area contributed by atoms with Gasteiger partial charge in [0.1, 0.15) is 11.6 Å². The Morgan fingerprint density at radius 1 is 1.17 bits per heavy atom. The summed E-state index contributed by atoms with van der Waals surface area (Å²) in [6.45, 7) is 2.32. The molecule has 1 heterocycles. The third kappa shape index (κ3) is 4.52. The molecule has 0 aliphatic heterocycles. The molecule has 0 atom stereocenters. The number of halogens is 1. The SMILES string of the molecule is CCN(C(=S)Nc1ccc(F)cc1)c1c(N)n(Cc2ccccc2)c(=O)[nH]c1=O. The van der Waals surface area contributed by atoms with Crippen molar-refractivity contribution in [3.8, 4) is 0 Å². The number of nitrogens with two attached hydrogens (primary N) is 1. The van der Waals surface area contributed by atoms with Crippen LogP contribution in [-0.2, 0) is 6.54 Å². The number of benzene rings is 2. The standard InChI is InChI=1S/C20H20FN5O2S/c1-2-25(20(29)23-15-10-8-14(21)9-11-15)16-17(22)26(19(28)24-18(16)27)12-13-6-4-3-5-7-13/h3-11H,2,12,22H2,1H3,(H,23,29)(H,24,27,28). The van der Waals surface area contributed by atoms with Crippen molar-refractivity contribution in [2.24, 2.45) is 0 Å². The predicted octanol–water partition coefficient (Wildman–Crippen LogP) is 2.53. The zero-order valence-electron chi connectivity index (χ0n) is 15.7. The molecule has 0 saturated carbocycles. The Morgan fingerprint density at radius 3 is 2.45 bits per heavy atom. The molecular formula is C20H20FN5O2S. The minimum absolute atomic E-state index is 0.00714. The van der Waals surface area contributed by atoms with Crippen LogP contribution in [-0.4, -0.2) is 21.2 Å². The molecule has 0 bridgehead atoms. The Balaban J connectivity index is 1.97. The van der Waals surface area contributed by atoms with E-state index in [1.54, 1.807) is 6.92 Å². The van der Waals surface area contributed by atoms with Crippen LogP contribution in [0.3, 0.4) is 0 Å². The Hall–Kier alpha value is -3.46. The van der Waals surface area contributed by atoms with E-state index in [-0.39, 0.29) is 29.0 Å². The molecule has 1 aromatic heterocycles. The molecule has 0 aliphatic carbocycles. The number of hydrogen-bond donors (Lipinski definition) is 3. The Bertz CT molecular complexity index is 1130. The van der Waals surface area contributed by atoms with E-state index in [0.29, 0.717) is 12.2 Å². The van der Waals surface area contributed by atoms with Gasteiger partial charge in [-0.3, -0.25) is 14.3 Å². The first-order valence-electron chi connectivity index (χ1n) is 8.91. The molecule has 0 fully saturated rings. The number of hydrogen-bond acceptors (Lipinski definition) is 4. The highest BCUT2D eigenvalue weighted by Crippen LogP contribution is 2.19. The lowest BCUT2D eigenvalue weighted by Gasteiger charge is -2.26. The molecule has 7 nitrogen and oxygen atoms in total. The molecule has 3 aromatic rings. The summed E-state index contributed by atoms with van der Waals surface area (Å²) in [6.07, 6.45) is 0. The van der Waals surface area contributed by atoms with E-state index >= 15 is 0 Å². The second-order valence-corrected chi connectivity index (χ2v) is 6.63. The van der Waals surface area contributed by atoms with E-state index in [0.717, 1.165) is 5.56 Å². The van der Waals surface area contributed by atoms with Gasteiger partial charge in [-0.15, -0.1) is 0 Å². The number of nitrogens with zero attached hydrogens (tertiary/aromatic N) is 2. The van der Waals surface area contributed by atoms with E-state index in [1.165, 1.54) is 33.7 Å².